The van der Waals surface area contributed by atoms with E-state index in [1.165, 1.54) is 0 Å². The summed E-state index contributed by atoms with van der Waals surface area (Å²) < 4.78 is 5.33. The highest BCUT2D eigenvalue weighted by Crippen LogP contribution is 2.25. The minimum atomic E-state index is -1.15. The van der Waals surface area contributed by atoms with Crippen LogP contribution < -0.4 is 10.1 Å². The van der Waals surface area contributed by atoms with E-state index in [4.69, 9.17) is 4.74 Å². The van der Waals surface area contributed by atoms with Crippen LogP contribution in [0.5, 0.6) is 5.75 Å². The molecule has 0 heterocycles. The first-order valence-electron chi connectivity index (χ1n) is 7.27. The number of amides is 1. The fraction of sp³-hybridized carbons (Fsp3) is 0.278. The Labute approximate surface area is 130 Å². The van der Waals surface area contributed by atoms with Crippen LogP contribution in [0, 0.1) is 0 Å². The van der Waals surface area contributed by atoms with E-state index < -0.39 is 12.0 Å². The Morgan fingerprint density at radius 2 is 1.77 bits per heavy atom. The molecule has 0 radical (unpaired) electrons. The maximum atomic E-state index is 12.0. The van der Waals surface area contributed by atoms with Crippen molar-refractivity contribution in [1.29, 1.82) is 0 Å². The van der Waals surface area contributed by atoms with Crippen molar-refractivity contribution in [2.45, 2.75) is 18.9 Å². The lowest BCUT2D eigenvalue weighted by atomic mass is 10.00. The topological polar surface area (TPSA) is 58.6 Å². The number of methoxy groups -OCH3 is 1. The van der Waals surface area contributed by atoms with Crippen LogP contribution in [0.2, 0.25) is 0 Å². The van der Waals surface area contributed by atoms with E-state index in [-0.39, 0.29) is 5.92 Å². The maximum absolute atomic E-state index is 12.0. The van der Waals surface area contributed by atoms with E-state index in [1.54, 1.807) is 31.4 Å². The van der Waals surface area contributed by atoms with E-state index in [0.717, 1.165) is 11.3 Å². The average molecular weight is 299 g/mol. The van der Waals surface area contributed by atoms with Gasteiger partial charge in [0.1, 0.15) is 5.75 Å². The number of nitrogens with one attached hydrogen (secondary N) is 1. The van der Waals surface area contributed by atoms with Gasteiger partial charge >= 0.3 is 0 Å². The smallest absolute Gasteiger partial charge is 0.253 e. The molecule has 2 unspecified atom stereocenters. The molecule has 0 bridgehead atoms. The number of ether oxygens (including phenoxy) is 1. The lowest BCUT2D eigenvalue weighted by molar-refractivity contribution is -0.129. The van der Waals surface area contributed by atoms with Gasteiger partial charge in [0.25, 0.3) is 5.91 Å². The summed E-state index contributed by atoms with van der Waals surface area (Å²) in [5.41, 5.74) is 1.62. The predicted octanol–water partition coefficient (Wildman–Crippen LogP) is 2.65. The van der Waals surface area contributed by atoms with Crippen LogP contribution >= 0.6 is 0 Å². The van der Waals surface area contributed by atoms with Gasteiger partial charge < -0.3 is 15.2 Å². The summed E-state index contributed by atoms with van der Waals surface area (Å²) >= 11 is 0. The van der Waals surface area contributed by atoms with Crippen molar-refractivity contribution in [3.63, 3.8) is 0 Å². The molecule has 2 aromatic rings. The summed E-state index contributed by atoms with van der Waals surface area (Å²) in [6.07, 6.45) is -1.15. The van der Waals surface area contributed by atoms with Gasteiger partial charge in [-0.3, -0.25) is 4.79 Å². The monoisotopic (exact) mass is 299 g/mol. The highest BCUT2D eigenvalue weighted by molar-refractivity contribution is 5.81. The van der Waals surface area contributed by atoms with Gasteiger partial charge in [0.2, 0.25) is 0 Å². The third-order valence-electron chi connectivity index (χ3n) is 3.62. The van der Waals surface area contributed by atoms with E-state index >= 15 is 0 Å². The van der Waals surface area contributed by atoms with Gasteiger partial charge in [-0.05, 0) is 17.2 Å². The van der Waals surface area contributed by atoms with Crippen molar-refractivity contribution in [2.75, 3.05) is 13.7 Å². The Morgan fingerprint density at radius 1 is 1.14 bits per heavy atom. The number of carbonyl (C=O) groups excluding carboxylic acids is 1. The summed E-state index contributed by atoms with van der Waals surface area (Å²) in [4.78, 5) is 12.0. The number of hydrogen-bond acceptors (Lipinski definition) is 3. The fourth-order valence-electron chi connectivity index (χ4n) is 2.32. The van der Waals surface area contributed by atoms with Gasteiger partial charge in [0, 0.05) is 12.5 Å². The van der Waals surface area contributed by atoms with Gasteiger partial charge in [0.05, 0.1) is 7.11 Å². The Balaban J connectivity index is 1.96. The molecule has 22 heavy (non-hydrogen) atoms. The van der Waals surface area contributed by atoms with Crippen LogP contribution in [-0.4, -0.2) is 24.7 Å². The van der Waals surface area contributed by atoms with Crippen LogP contribution in [-0.2, 0) is 4.79 Å². The molecular weight excluding hydrogens is 278 g/mol. The molecule has 4 heteroatoms. The molecule has 0 aliphatic carbocycles. The number of aliphatic hydroxyl groups excluding tert-OH is 1. The lowest BCUT2D eigenvalue weighted by Crippen LogP contribution is -2.32. The highest BCUT2D eigenvalue weighted by atomic mass is 16.5. The maximum Gasteiger partial charge on any atom is 0.253 e. The molecular formula is C18H21NO3. The summed E-state index contributed by atoms with van der Waals surface area (Å²) in [6, 6.07) is 16.6. The van der Waals surface area contributed by atoms with Gasteiger partial charge in [-0.15, -0.1) is 0 Å². The Kier molecular flexibility index (Phi) is 5.55. The first-order valence-corrected chi connectivity index (χ1v) is 7.27. The van der Waals surface area contributed by atoms with Crippen LogP contribution in [0.1, 0.15) is 30.1 Å². The molecule has 0 aliphatic rings. The Hall–Kier alpha value is -2.33. The zero-order valence-electron chi connectivity index (χ0n) is 12.8. The molecule has 0 aliphatic heterocycles. The number of hydrogen-bond donors (Lipinski definition) is 2. The van der Waals surface area contributed by atoms with Crippen LogP contribution in [0.3, 0.4) is 0 Å². The SMILES string of the molecule is COc1ccccc1C(C)CNC(=O)C(O)c1ccccc1. The molecule has 0 fully saturated rings. The van der Waals surface area contributed by atoms with Crippen LogP contribution in [0.15, 0.2) is 54.6 Å². The van der Waals surface area contributed by atoms with Crippen molar-refractivity contribution in [3.8, 4) is 5.75 Å². The van der Waals surface area contributed by atoms with E-state index in [9.17, 15) is 9.90 Å². The molecule has 2 atom stereocenters. The molecule has 2 rings (SSSR count). The predicted molar refractivity (Wildman–Crippen MR) is 85.8 cm³/mol. The summed E-state index contributed by atoms with van der Waals surface area (Å²) in [7, 11) is 1.63. The van der Waals surface area contributed by atoms with Crippen molar-refractivity contribution >= 4 is 5.91 Å². The third kappa shape index (κ3) is 3.86. The molecule has 0 spiro atoms. The minimum absolute atomic E-state index is 0.0862. The summed E-state index contributed by atoms with van der Waals surface area (Å²) in [5, 5.41) is 12.8. The number of para-hydroxylation sites is 1. The number of benzene rings is 2. The number of rotatable bonds is 6. The lowest BCUT2D eigenvalue weighted by Gasteiger charge is -2.17. The zero-order valence-corrected chi connectivity index (χ0v) is 12.8. The molecule has 1 amide bonds. The Bertz CT molecular complexity index is 613. The summed E-state index contributed by atoms with van der Waals surface area (Å²) in [6.45, 7) is 2.44. The van der Waals surface area contributed by atoms with Crippen molar-refractivity contribution in [3.05, 3.63) is 65.7 Å². The molecule has 2 N–H and O–H groups in total. The molecule has 0 aromatic heterocycles. The molecule has 116 valence electrons. The molecule has 0 saturated carbocycles. The van der Waals surface area contributed by atoms with Gasteiger partial charge in [-0.1, -0.05) is 55.5 Å². The van der Waals surface area contributed by atoms with Crippen molar-refractivity contribution in [1.82, 2.24) is 5.32 Å². The van der Waals surface area contributed by atoms with Gasteiger partial charge in [-0.25, -0.2) is 0 Å². The summed E-state index contributed by atoms with van der Waals surface area (Å²) in [5.74, 6) is 0.490. The second-order valence-corrected chi connectivity index (χ2v) is 5.20. The largest absolute Gasteiger partial charge is 0.496 e. The highest BCUT2D eigenvalue weighted by Gasteiger charge is 2.18. The van der Waals surface area contributed by atoms with Gasteiger partial charge in [-0.2, -0.15) is 0 Å². The normalized spacial score (nSPS) is 13.2. The van der Waals surface area contributed by atoms with Crippen molar-refractivity contribution in [2.24, 2.45) is 0 Å². The molecule has 2 aromatic carbocycles. The second kappa shape index (κ2) is 7.61. The first-order chi connectivity index (χ1) is 10.6. The second-order valence-electron chi connectivity index (χ2n) is 5.20. The van der Waals surface area contributed by atoms with Crippen molar-refractivity contribution < 1.29 is 14.6 Å². The quantitative estimate of drug-likeness (QED) is 0.862. The standard InChI is InChI=1S/C18H21NO3/c1-13(15-10-6-7-11-16(15)22-2)12-19-18(21)17(20)14-8-4-3-5-9-14/h3-11,13,17,20H,12H2,1-2H3,(H,19,21). The van der Waals surface area contributed by atoms with Gasteiger partial charge in [0.15, 0.2) is 6.10 Å². The average Bonchev–Trinajstić information content (AvgIpc) is 2.59. The fourth-order valence-corrected chi connectivity index (χ4v) is 2.32. The van der Waals surface area contributed by atoms with Crippen LogP contribution in [0.25, 0.3) is 0 Å². The van der Waals surface area contributed by atoms with E-state index in [0.29, 0.717) is 12.1 Å². The first kappa shape index (κ1) is 16.0. The zero-order chi connectivity index (χ0) is 15.9. The van der Waals surface area contributed by atoms with E-state index in [1.807, 2.05) is 37.3 Å². The molecule has 4 nitrogen and oxygen atoms in total. The number of carbonyl (C=O) groups is 1. The molecule has 0 saturated heterocycles. The van der Waals surface area contributed by atoms with Crippen LogP contribution in [0.4, 0.5) is 0 Å². The third-order valence-corrected chi connectivity index (χ3v) is 3.62. The minimum Gasteiger partial charge on any atom is -0.496 e. The number of aliphatic hydroxyl groups is 1. The van der Waals surface area contributed by atoms with E-state index in [2.05, 4.69) is 5.32 Å². The Morgan fingerprint density at radius 3 is 2.45 bits per heavy atom.